The zero-order valence-electron chi connectivity index (χ0n) is 22.2. The third-order valence-corrected chi connectivity index (χ3v) is 7.14. The predicted molar refractivity (Wildman–Crippen MR) is 149 cm³/mol. The summed E-state index contributed by atoms with van der Waals surface area (Å²) in [5, 5.41) is 18.9. The van der Waals surface area contributed by atoms with Crippen LogP contribution in [0.3, 0.4) is 0 Å². The second-order valence-corrected chi connectivity index (χ2v) is 10.2. The largest absolute Gasteiger partial charge is 0.388 e. The summed E-state index contributed by atoms with van der Waals surface area (Å²) >= 11 is 0. The number of aromatic nitrogens is 5. The Hall–Kier alpha value is -4.28. The molecule has 1 fully saturated rings. The van der Waals surface area contributed by atoms with E-state index in [0.29, 0.717) is 17.9 Å². The molecule has 0 spiro atoms. The molecule has 10 heteroatoms. The van der Waals surface area contributed by atoms with Crippen molar-refractivity contribution >= 4 is 28.3 Å². The summed E-state index contributed by atoms with van der Waals surface area (Å²) in [6, 6.07) is 15.9. The molecular weight excluding hydrogens is 494 g/mol. The molecule has 0 aliphatic carbocycles. The first-order valence-electron chi connectivity index (χ1n) is 13.1. The molecule has 5 aromatic rings. The van der Waals surface area contributed by atoms with E-state index < -0.39 is 12.1 Å². The molecule has 200 valence electrons. The van der Waals surface area contributed by atoms with Crippen molar-refractivity contribution < 1.29 is 14.6 Å². The number of rotatable bonds is 7. The van der Waals surface area contributed by atoms with E-state index in [-0.39, 0.29) is 30.9 Å². The summed E-state index contributed by atoms with van der Waals surface area (Å²) in [6.45, 7) is 5.34. The van der Waals surface area contributed by atoms with Gasteiger partial charge in [0, 0.05) is 43.0 Å². The number of hydrogen-bond donors (Lipinski definition) is 2. The third-order valence-electron chi connectivity index (χ3n) is 7.14. The second-order valence-electron chi connectivity index (χ2n) is 10.2. The minimum atomic E-state index is -0.751. The van der Waals surface area contributed by atoms with Gasteiger partial charge in [-0.2, -0.15) is 5.10 Å². The highest BCUT2D eigenvalue weighted by Gasteiger charge is 2.29. The Morgan fingerprint density at radius 1 is 1.15 bits per heavy atom. The van der Waals surface area contributed by atoms with Gasteiger partial charge in [-0.3, -0.25) is 4.79 Å². The molecule has 2 N–H and O–H groups in total. The minimum absolute atomic E-state index is 0.197. The average molecular weight is 526 g/mol. The first-order chi connectivity index (χ1) is 18.9. The average Bonchev–Trinajstić information content (AvgIpc) is 3.65. The number of nitrogens with one attached hydrogen (secondary N) is 1. The van der Waals surface area contributed by atoms with Gasteiger partial charge in [0.1, 0.15) is 5.65 Å². The number of carbonyl (C=O) groups is 1. The van der Waals surface area contributed by atoms with Crippen molar-refractivity contribution in [1.82, 2.24) is 29.5 Å². The van der Waals surface area contributed by atoms with Gasteiger partial charge in [-0.15, -0.1) is 0 Å². The molecular formula is C29H31N7O3. The topological polar surface area (TPSA) is 110 Å². The zero-order valence-corrected chi connectivity index (χ0v) is 22.2. The van der Waals surface area contributed by atoms with Gasteiger partial charge in [-0.25, -0.2) is 14.5 Å². The Kier molecular flexibility index (Phi) is 6.49. The molecule has 0 radical (unpaired) electrons. The number of carbonyl (C=O) groups excluding carboxylic acids is 1. The van der Waals surface area contributed by atoms with Crippen molar-refractivity contribution in [2.24, 2.45) is 0 Å². The lowest BCUT2D eigenvalue weighted by atomic mass is 10.1. The highest BCUT2D eigenvalue weighted by Crippen LogP contribution is 2.34. The molecule has 1 aromatic carbocycles. The molecule has 2 atom stereocenters. The maximum Gasteiger partial charge on any atom is 0.272 e. The van der Waals surface area contributed by atoms with Crippen molar-refractivity contribution in [1.29, 1.82) is 0 Å². The van der Waals surface area contributed by atoms with Crippen LogP contribution in [0.2, 0.25) is 0 Å². The number of pyridine rings is 1. The highest BCUT2D eigenvalue weighted by molar-refractivity contribution is 5.96. The number of benzene rings is 1. The number of fused-ring (bicyclic) bond motifs is 2. The molecule has 0 bridgehead atoms. The van der Waals surface area contributed by atoms with Crippen LogP contribution in [0.25, 0.3) is 27.9 Å². The van der Waals surface area contributed by atoms with Crippen LogP contribution in [0, 0.1) is 0 Å². The fraction of sp³-hybridized carbons (Fsp3) is 0.310. The second kappa shape index (κ2) is 10.1. The Morgan fingerprint density at radius 3 is 2.72 bits per heavy atom. The number of aliphatic hydroxyl groups is 1. The third kappa shape index (κ3) is 4.62. The van der Waals surface area contributed by atoms with Crippen molar-refractivity contribution in [3.05, 3.63) is 78.4 Å². The standard InChI is InChI=1S/C29H31N7O3/c1-18(2)35-15-21(20-10-7-11-30-27(20)35)22-12-24(34(3)14-19-8-5-4-6-9-19)28-31-13-25(36(28)33-22)29(38)32-23-16-39-17-26(23)37/h4-13,15,18,23,26,37H,14,16-17H2,1-3H3,(H,32,38)/t23?,26-/m0/s1. The summed E-state index contributed by atoms with van der Waals surface area (Å²) in [5.41, 5.74) is 5.33. The summed E-state index contributed by atoms with van der Waals surface area (Å²) in [7, 11) is 2.01. The number of aliphatic hydroxyl groups excluding tert-OH is 1. The smallest absolute Gasteiger partial charge is 0.272 e. The van der Waals surface area contributed by atoms with Gasteiger partial charge in [0.2, 0.25) is 0 Å². The summed E-state index contributed by atoms with van der Waals surface area (Å²) < 4.78 is 9.03. The van der Waals surface area contributed by atoms with Crippen molar-refractivity contribution in [3.63, 3.8) is 0 Å². The molecule has 0 saturated carbocycles. The number of anilines is 1. The summed E-state index contributed by atoms with van der Waals surface area (Å²) in [5.74, 6) is -0.371. The van der Waals surface area contributed by atoms with E-state index in [1.165, 1.54) is 6.20 Å². The van der Waals surface area contributed by atoms with Crippen LogP contribution in [-0.4, -0.2) is 67.6 Å². The molecule has 1 unspecified atom stereocenters. The van der Waals surface area contributed by atoms with Crippen LogP contribution < -0.4 is 10.2 Å². The Morgan fingerprint density at radius 2 is 1.97 bits per heavy atom. The maximum atomic E-state index is 13.3. The maximum absolute atomic E-state index is 13.3. The van der Waals surface area contributed by atoms with Crippen LogP contribution >= 0.6 is 0 Å². The molecule has 1 aliphatic heterocycles. The van der Waals surface area contributed by atoms with Gasteiger partial charge in [-0.1, -0.05) is 30.3 Å². The number of hydrogen-bond acceptors (Lipinski definition) is 7. The van der Waals surface area contributed by atoms with Crippen LogP contribution in [-0.2, 0) is 11.3 Å². The molecule has 6 rings (SSSR count). The predicted octanol–water partition coefficient (Wildman–Crippen LogP) is 3.45. The number of amides is 1. The van der Waals surface area contributed by atoms with Crippen molar-refractivity contribution in [3.8, 4) is 11.3 Å². The fourth-order valence-electron chi connectivity index (χ4n) is 5.07. The van der Waals surface area contributed by atoms with E-state index in [9.17, 15) is 9.90 Å². The molecule has 1 aliphatic rings. The normalized spacial score (nSPS) is 17.4. The van der Waals surface area contributed by atoms with Crippen molar-refractivity contribution in [2.45, 2.75) is 38.6 Å². The van der Waals surface area contributed by atoms with Gasteiger partial charge in [-0.05, 0) is 37.6 Å². The lowest BCUT2D eigenvalue weighted by molar-refractivity contribution is 0.0879. The summed E-state index contributed by atoms with van der Waals surface area (Å²) in [6.07, 6.45) is 4.64. The van der Waals surface area contributed by atoms with Crippen LogP contribution in [0.15, 0.2) is 67.1 Å². The molecule has 39 heavy (non-hydrogen) atoms. The fourth-order valence-corrected chi connectivity index (χ4v) is 5.07. The van der Waals surface area contributed by atoms with E-state index in [4.69, 9.17) is 9.84 Å². The monoisotopic (exact) mass is 525 g/mol. The van der Waals surface area contributed by atoms with E-state index in [1.54, 1.807) is 10.7 Å². The van der Waals surface area contributed by atoms with Gasteiger partial charge < -0.3 is 24.6 Å². The SMILES string of the molecule is CC(C)n1cc(-c2cc(N(C)Cc3ccccc3)c3ncc(C(=O)NC4COC[C@@H]4O)n3n2)c2cccnc21. The van der Waals surface area contributed by atoms with E-state index in [2.05, 4.69) is 56.9 Å². The number of nitrogens with zero attached hydrogens (tertiary/aromatic N) is 6. The first kappa shape index (κ1) is 25.0. The molecule has 1 saturated heterocycles. The van der Waals surface area contributed by atoms with E-state index in [0.717, 1.165) is 27.8 Å². The van der Waals surface area contributed by atoms with Gasteiger partial charge in [0.25, 0.3) is 5.91 Å². The lowest BCUT2D eigenvalue weighted by Gasteiger charge is -2.21. The minimum Gasteiger partial charge on any atom is -0.388 e. The molecule has 10 nitrogen and oxygen atoms in total. The van der Waals surface area contributed by atoms with E-state index in [1.807, 2.05) is 43.4 Å². The zero-order chi connectivity index (χ0) is 27.1. The number of imidazole rings is 1. The summed E-state index contributed by atoms with van der Waals surface area (Å²) in [4.78, 5) is 24.7. The first-order valence-corrected chi connectivity index (χ1v) is 13.1. The Labute approximate surface area is 225 Å². The molecule has 5 heterocycles. The lowest BCUT2D eigenvalue weighted by Crippen LogP contribution is -2.43. The van der Waals surface area contributed by atoms with Crippen LogP contribution in [0.5, 0.6) is 0 Å². The molecule has 1 amide bonds. The van der Waals surface area contributed by atoms with Gasteiger partial charge in [0.15, 0.2) is 11.3 Å². The van der Waals surface area contributed by atoms with Gasteiger partial charge >= 0.3 is 0 Å². The van der Waals surface area contributed by atoms with Crippen molar-refractivity contribution in [2.75, 3.05) is 25.2 Å². The Balaban J connectivity index is 1.50. The Bertz CT molecular complexity index is 1640. The van der Waals surface area contributed by atoms with Gasteiger partial charge in [0.05, 0.1) is 42.9 Å². The number of ether oxygens (including phenoxy) is 1. The molecule has 4 aromatic heterocycles. The quantitative estimate of drug-likeness (QED) is 0.335. The van der Waals surface area contributed by atoms with E-state index >= 15 is 0 Å². The van der Waals surface area contributed by atoms with Crippen LogP contribution in [0.1, 0.15) is 35.9 Å². The highest BCUT2D eigenvalue weighted by atomic mass is 16.5. The van der Waals surface area contributed by atoms with Crippen LogP contribution in [0.4, 0.5) is 5.69 Å².